The average molecular weight is 601 g/mol. The quantitative estimate of drug-likeness (QED) is 0.187. The van der Waals surface area contributed by atoms with E-state index in [9.17, 15) is 40.9 Å². The summed E-state index contributed by atoms with van der Waals surface area (Å²) in [5.74, 6) is -0.691. The predicted octanol–water partition coefficient (Wildman–Crippen LogP) is 0.932. The summed E-state index contributed by atoms with van der Waals surface area (Å²) in [6.45, 7) is 8.44. The van der Waals surface area contributed by atoms with Crippen molar-refractivity contribution < 1.29 is 50.3 Å². The first-order valence-electron chi connectivity index (χ1n) is 16.4. The van der Waals surface area contributed by atoms with Crippen LogP contribution in [0.3, 0.4) is 0 Å². The zero-order chi connectivity index (χ0) is 30.8. The predicted molar refractivity (Wildman–Crippen MR) is 153 cm³/mol. The Hall–Kier alpha value is -0.400. The van der Waals surface area contributed by atoms with Gasteiger partial charge in [0.05, 0.1) is 36.6 Å². The van der Waals surface area contributed by atoms with E-state index in [1.165, 1.54) is 0 Å². The highest BCUT2D eigenvalue weighted by molar-refractivity contribution is 5.21. The van der Waals surface area contributed by atoms with Gasteiger partial charge in [-0.3, -0.25) is 0 Å². The summed E-state index contributed by atoms with van der Waals surface area (Å²) in [5, 5.41) is 86.8. The van der Waals surface area contributed by atoms with Gasteiger partial charge in [0.15, 0.2) is 6.29 Å². The Balaban J connectivity index is 1.32. The Bertz CT molecular complexity index is 937. The van der Waals surface area contributed by atoms with Crippen molar-refractivity contribution >= 4 is 0 Å². The van der Waals surface area contributed by atoms with E-state index >= 15 is 0 Å². The normalized spacial score (nSPS) is 54.0. The highest BCUT2D eigenvalue weighted by Crippen LogP contribution is 2.70. The molecule has 5 unspecified atom stereocenters. The van der Waals surface area contributed by atoms with Gasteiger partial charge >= 0.3 is 0 Å². The molecule has 4 saturated carbocycles. The average Bonchev–Trinajstić information content (AvgIpc) is 3.14. The third-order valence-electron chi connectivity index (χ3n) is 12.9. The van der Waals surface area contributed by atoms with Crippen molar-refractivity contribution in [3.63, 3.8) is 0 Å². The first-order valence-corrected chi connectivity index (χ1v) is 16.4. The van der Waals surface area contributed by atoms with Gasteiger partial charge in [-0.15, -0.1) is 0 Å². The lowest BCUT2D eigenvalue weighted by Crippen LogP contribution is -2.69. The summed E-state index contributed by atoms with van der Waals surface area (Å²) >= 11 is 0. The standard InChI is InChI=1S/C32H56O10/c1-16(14-33)6-5-7-17(2)23-25(37)26(38)28-31(23,4)11-9-22-30(3)10-8-18(12-19(30)20(34)13-32(22,28)40)42-29-27(39)24(36)21(35)15-41-29/h16-29,33-40H,5-15H2,1-4H3/t16?,17-,18+,19?,20-,21-,22?,23+,24+,25-,26?,27-,28?,29+,30+,31-,32+/m1/s1. The number of hydrogen-bond donors (Lipinski definition) is 8. The molecule has 8 N–H and O–H groups in total. The van der Waals surface area contributed by atoms with Gasteiger partial charge in [-0.25, -0.2) is 0 Å². The molecule has 5 rings (SSSR count). The van der Waals surface area contributed by atoms with Crippen molar-refractivity contribution in [2.24, 2.45) is 46.3 Å². The molecule has 0 amide bonds. The SMILES string of the molecule is CC(CO)CCC[C@@H](C)[C@H]1[C@@H](O)C(O)C2[C@]3(O)C[C@@H](O)C4C[C@@H](O[C@@H]5OC[C@@H](O)[C@H](O)[C@H]5O)CC[C@]4(C)C3CC[C@@]21C. The highest BCUT2D eigenvalue weighted by atomic mass is 16.7. The minimum atomic E-state index is -1.37. The van der Waals surface area contributed by atoms with Crippen LogP contribution in [0.5, 0.6) is 0 Å². The van der Waals surface area contributed by atoms with Crippen molar-refractivity contribution in [3.05, 3.63) is 0 Å². The molecular weight excluding hydrogens is 544 g/mol. The first kappa shape index (κ1) is 33.0. The van der Waals surface area contributed by atoms with Gasteiger partial charge in [-0.2, -0.15) is 0 Å². The summed E-state index contributed by atoms with van der Waals surface area (Å²) < 4.78 is 11.5. The van der Waals surface area contributed by atoms with Crippen molar-refractivity contribution in [1.29, 1.82) is 0 Å². The molecule has 42 heavy (non-hydrogen) atoms. The van der Waals surface area contributed by atoms with Crippen LogP contribution in [0.2, 0.25) is 0 Å². The zero-order valence-corrected chi connectivity index (χ0v) is 25.8. The van der Waals surface area contributed by atoms with Crippen LogP contribution in [0.4, 0.5) is 0 Å². The number of hydrogen-bond acceptors (Lipinski definition) is 10. The lowest BCUT2D eigenvalue weighted by Gasteiger charge is -2.66. The number of aliphatic hydroxyl groups is 8. The van der Waals surface area contributed by atoms with Gasteiger partial charge in [-0.05, 0) is 78.9 Å². The minimum Gasteiger partial charge on any atom is -0.396 e. The molecule has 5 aliphatic rings. The molecule has 0 aromatic carbocycles. The summed E-state index contributed by atoms with van der Waals surface area (Å²) in [5.41, 5.74) is -2.21. The van der Waals surface area contributed by atoms with Crippen LogP contribution in [-0.2, 0) is 9.47 Å². The Morgan fingerprint density at radius 2 is 1.55 bits per heavy atom. The molecule has 5 fully saturated rings. The third-order valence-corrected chi connectivity index (χ3v) is 12.9. The van der Waals surface area contributed by atoms with Crippen LogP contribution in [0, 0.1) is 46.3 Å². The third kappa shape index (κ3) is 5.29. The van der Waals surface area contributed by atoms with E-state index in [-0.39, 0.29) is 55.3 Å². The van der Waals surface area contributed by atoms with E-state index in [0.29, 0.717) is 19.3 Å². The Kier molecular flexibility index (Phi) is 9.48. The molecule has 17 atom stereocenters. The second-order valence-electron chi connectivity index (χ2n) is 15.4. The summed E-state index contributed by atoms with van der Waals surface area (Å²) in [7, 11) is 0. The zero-order valence-electron chi connectivity index (χ0n) is 25.8. The first-order chi connectivity index (χ1) is 19.7. The molecule has 10 heteroatoms. The van der Waals surface area contributed by atoms with Crippen molar-refractivity contribution in [2.75, 3.05) is 13.2 Å². The Labute approximate surface area is 250 Å². The van der Waals surface area contributed by atoms with Gasteiger partial charge in [-0.1, -0.05) is 40.5 Å². The Morgan fingerprint density at radius 1 is 0.857 bits per heavy atom. The van der Waals surface area contributed by atoms with Gasteiger partial charge in [0.1, 0.15) is 18.3 Å². The second-order valence-corrected chi connectivity index (χ2v) is 15.4. The van der Waals surface area contributed by atoms with E-state index in [0.717, 1.165) is 32.1 Å². The van der Waals surface area contributed by atoms with Crippen LogP contribution in [-0.4, -0.2) is 109 Å². The van der Waals surface area contributed by atoms with Gasteiger partial charge in [0, 0.05) is 18.9 Å². The van der Waals surface area contributed by atoms with Crippen LogP contribution in [0.1, 0.15) is 85.5 Å². The fourth-order valence-electron chi connectivity index (χ4n) is 10.8. The number of ether oxygens (including phenoxy) is 2. The molecule has 1 saturated heterocycles. The van der Waals surface area contributed by atoms with Crippen LogP contribution < -0.4 is 0 Å². The van der Waals surface area contributed by atoms with Gasteiger partial charge in [0.25, 0.3) is 0 Å². The largest absolute Gasteiger partial charge is 0.396 e. The summed E-state index contributed by atoms with van der Waals surface area (Å²) in [6, 6.07) is 0. The van der Waals surface area contributed by atoms with E-state index in [2.05, 4.69) is 20.8 Å². The Morgan fingerprint density at radius 3 is 2.24 bits per heavy atom. The summed E-state index contributed by atoms with van der Waals surface area (Å²) in [4.78, 5) is 0. The van der Waals surface area contributed by atoms with Gasteiger partial charge in [0.2, 0.25) is 0 Å². The fraction of sp³-hybridized carbons (Fsp3) is 1.00. The molecule has 0 radical (unpaired) electrons. The van der Waals surface area contributed by atoms with Crippen LogP contribution in [0.25, 0.3) is 0 Å². The molecule has 0 bridgehead atoms. The minimum absolute atomic E-state index is 0.122. The fourth-order valence-corrected chi connectivity index (χ4v) is 10.8. The lowest BCUT2D eigenvalue weighted by molar-refractivity contribution is -0.300. The smallest absolute Gasteiger partial charge is 0.186 e. The molecule has 244 valence electrons. The van der Waals surface area contributed by atoms with Crippen LogP contribution >= 0.6 is 0 Å². The van der Waals surface area contributed by atoms with E-state index in [1.807, 2.05) is 6.92 Å². The highest BCUT2D eigenvalue weighted by Gasteiger charge is 2.72. The molecular formula is C32H56O10. The molecule has 1 aliphatic heterocycles. The number of aliphatic hydroxyl groups excluding tert-OH is 7. The molecule has 0 aromatic rings. The lowest BCUT2D eigenvalue weighted by atomic mass is 9.42. The molecule has 1 heterocycles. The number of fused-ring (bicyclic) bond motifs is 5. The number of rotatable bonds is 8. The van der Waals surface area contributed by atoms with E-state index in [4.69, 9.17) is 9.47 Å². The molecule has 0 aromatic heterocycles. The monoisotopic (exact) mass is 600 g/mol. The van der Waals surface area contributed by atoms with E-state index in [1.54, 1.807) is 0 Å². The molecule has 4 aliphatic carbocycles. The molecule has 10 nitrogen and oxygen atoms in total. The molecule has 0 spiro atoms. The topological polar surface area (TPSA) is 180 Å². The maximum absolute atomic E-state index is 12.6. The summed E-state index contributed by atoms with van der Waals surface area (Å²) in [6.07, 6.45) is -1.99. The maximum Gasteiger partial charge on any atom is 0.186 e. The second kappa shape index (κ2) is 12.1. The van der Waals surface area contributed by atoms with Crippen molar-refractivity contribution in [3.8, 4) is 0 Å². The van der Waals surface area contributed by atoms with Crippen molar-refractivity contribution in [2.45, 2.75) is 140 Å². The van der Waals surface area contributed by atoms with E-state index < -0.39 is 65.3 Å². The van der Waals surface area contributed by atoms with Gasteiger partial charge < -0.3 is 50.3 Å². The van der Waals surface area contributed by atoms with Crippen molar-refractivity contribution in [1.82, 2.24) is 0 Å². The van der Waals surface area contributed by atoms with Crippen LogP contribution in [0.15, 0.2) is 0 Å². The maximum atomic E-state index is 12.6.